The second kappa shape index (κ2) is 7.32. The molecule has 0 radical (unpaired) electrons. The van der Waals surface area contributed by atoms with Crippen LogP contribution in [-0.4, -0.2) is 33.8 Å². The summed E-state index contributed by atoms with van der Waals surface area (Å²) in [4.78, 5) is 12.6. The van der Waals surface area contributed by atoms with Crippen LogP contribution in [0.4, 0.5) is 0 Å². The maximum Gasteiger partial charge on any atom is 0.312 e. The van der Waals surface area contributed by atoms with Crippen molar-refractivity contribution in [1.29, 1.82) is 0 Å². The average Bonchev–Trinajstić information content (AvgIpc) is 2.47. The molecule has 0 saturated heterocycles. The minimum Gasteiger partial charge on any atom is -0.465 e. The standard InChI is InChI=1S/C18H31NO4S/c1-24(21,22)19-6-4-2-3-5-7-23-17(20)18-11-14-8-15(12-18)10-16(9-14)13-18/h14-16,19H,2-13H2,1H3. The molecule has 4 saturated carbocycles. The van der Waals surface area contributed by atoms with E-state index in [1.165, 1.54) is 25.5 Å². The predicted octanol–water partition coefficient (Wildman–Crippen LogP) is 2.86. The van der Waals surface area contributed by atoms with Crippen LogP contribution in [0, 0.1) is 23.2 Å². The molecule has 0 aromatic carbocycles. The number of ether oxygens (including phenoxy) is 1. The molecule has 0 amide bonds. The number of carbonyl (C=O) groups is 1. The molecule has 1 N–H and O–H groups in total. The van der Waals surface area contributed by atoms with Crippen molar-refractivity contribution in [2.24, 2.45) is 23.2 Å². The minimum atomic E-state index is -3.07. The van der Waals surface area contributed by atoms with Crippen LogP contribution in [0.15, 0.2) is 0 Å². The van der Waals surface area contributed by atoms with Gasteiger partial charge in [0.15, 0.2) is 0 Å². The van der Waals surface area contributed by atoms with E-state index in [1.54, 1.807) is 0 Å². The molecule has 138 valence electrons. The van der Waals surface area contributed by atoms with Gasteiger partial charge in [0.2, 0.25) is 10.0 Å². The van der Waals surface area contributed by atoms with Crippen LogP contribution in [0.25, 0.3) is 0 Å². The van der Waals surface area contributed by atoms with Gasteiger partial charge >= 0.3 is 5.97 Å². The molecule has 24 heavy (non-hydrogen) atoms. The van der Waals surface area contributed by atoms with Crippen LogP contribution in [0.3, 0.4) is 0 Å². The van der Waals surface area contributed by atoms with Crippen molar-refractivity contribution in [2.75, 3.05) is 19.4 Å². The molecule has 0 aliphatic heterocycles. The van der Waals surface area contributed by atoms with Crippen LogP contribution < -0.4 is 4.72 Å². The van der Waals surface area contributed by atoms with E-state index in [4.69, 9.17) is 4.74 Å². The van der Waals surface area contributed by atoms with Crippen molar-refractivity contribution < 1.29 is 17.9 Å². The number of rotatable bonds is 9. The number of nitrogens with one attached hydrogen (secondary N) is 1. The Balaban J connectivity index is 1.31. The van der Waals surface area contributed by atoms with Gasteiger partial charge in [-0.2, -0.15) is 0 Å². The summed E-state index contributed by atoms with van der Waals surface area (Å²) >= 11 is 0. The first-order chi connectivity index (χ1) is 11.4. The van der Waals surface area contributed by atoms with Crippen molar-refractivity contribution in [3.63, 3.8) is 0 Å². The van der Waals surface area contributed by atoms with E-state index in [1.807, 2.05) is 0 Å². The number of esters is 1. The Labute approximate surface area is 146 Å². The predicted molar refractivity (Wildman–Crippen MR) is 92.9 cm³/mol. The Morgan fingerprint density at radius 1 is 1.00 bits per heavy atom. The second-order valence-electron chi connectivity index (χ2n) is 8.41. The SMILES string of the molecule is CS(=O)(=O)NCCCCCCOC(=O)C12CC3CC(CC(C3)C1)C2. The van der Waals surface area contributed by atoms with Gasteiger partial charge < -0.3 is 4.74 Å². The summed E-state index contributed by atoms with van der Waals surface area (Å²) in [5.41, 5.74) is -0.145. The van der Waals surface area contributed by atoms with Gasteiger partial charge in [0, 0.05) is 6.54 Å². The highest BCUT2D eigenvalue weighted by molar-refractivity contribution is 7.88. The summed E-state index contributed by atoms with van der Waals surface area (Å²) in [7, 11) is -3.07. The Hall–Kier alpha value is -0.620. The van der Waals surface area contributed by atoms with E-state index in [0.29, 0.717) is 13.2 Å². The highest BCUT2D eigenvalue weighted by atomic mass is 32.2. The molecular weight excluding hydrogens is 326 g/mol. The fraction of sp³-hybridized carbons (Fsp3) is 0.944. The first kappa shape index (κ1) is 18.2. The Morgan fingerprint density at radius 3 is 2.08 bits per heavy atom. The van der Waals surface area contributed by atoms with Crippen LogP contribution in [-0.2, 0) is 19.6 Å². The lowest BCUT2D eigenvalue weighted by molar-refractivity contribution is -0.171. The largest absolute Gasteiger partial charge is 0.465 e. The van der Waals surface area contributed by atoms with Gasteiger partial charge in [0.1, 0.15) is 0 Å². The van der Waals surface area contributed by atoms with Crippen molar-refractivity contribution in [3.8, 4) is 0 Å². The molecule has 4 bridgehead atoms. The van der Waals surface area contributed by atoms with Gasteiger partial charge in [-0.15, -0.1) is 0 Å². The maximum atomic E-state index is 12.6. The highest BCUT2D eigenvalue weighted by Crippen LogP contribution is 2.60. The molecule has 4 fully saturated rings. The fourth-order valence-corrected chi connectivity index (χ4v) is 6.03. The fourth-order valence-electron chi connectivity index (χ4n) is 5.52. The molecule has 0 aromatic rings. The summed E-state index contributed by atoms with van der Waals surface area (Å²) in [6.45, 7) is 1.01. The lowest BCUT2D eigenvalue weighted by atomic mass is 9.49. The second-order valence-corrected chi connectivity index (χ2v) is 10.2. The highest BCUT2D eigenvalue weighted by Gasteiger charge is 2.55. The topological polar surface area (TPSA) is 72.5 Å². The molecule has 0 atom stereocenters. The third-order valence-corrected chi connectivity index (χ3v) is 6.87. The molecule has 6 heteroatoms. The average molecular weight is 358 g/mol. The van der Waals surface area contributed by atoms with Crippen molar-refractivity contribution in [2.45, 2.75) is 64.2 Å². The Bertz CT molecular complexity index is 522. The van der Waals surface area contributed by atoms with Gasteiger partial charge in [0.25, 0.3) is 0 Å². The minimum absolute atomic E-state index is 0.0698. The van der Waals surface area contributed by atoms with Crippen LogP contribution in [0.5, 0.6) is 0 Å². The number of hydrogen-bond acceptors (Lipinski definition) is 4. The monoisotopic (exact) mass is 357 g/mol. The molecular formula is C18H31NO4S. The number of hydrogen-bond donors (Lipinski definition) is 1. The first-order valence-electron chi connectivity index (χ1n) is 9.48. The molecule has 0 aromatic heterocycles. The molecule has 4 aliphatic carbocycles. The van der Waals surface area contributed by atoms with E-state index >= 15 is 0 Å². The summed E-state index contributed by atoms with van der Waals surface area (Å²) in [6, 6.07) is 0. The molecule has 4 aliphatic rings. The normalized spacial score (nSPS) is 34.5. The third-order valence-electron chi connectivity index (χ3n) is 6.14. The summed E-state index contributed by atoms with van der Waals surface area (Å²) in [6.07, 6.45) is 12.0. The van der Waals surface area contributed by atoms with E-state index < -0.39 is 10.0 Å². The summed E-state index contributed by atoms with van der Waals surface area (Å²) in [5, 5.41) is 0. The van der Waals surface area contributed by atoms with E-state index in [-0.39, 0.29) is 11.4 Å². The van der Waals surface area contributed by atoms with Crippen LogP contribution in [0.2, 0.25) is 0 Å². The Morgan fingerprint density at radius 2 is 1.54 bits per heavy atom. The molecule has 0 spiro atoms. The number of carbonyl (C=O) groups excluding carboxylic acids is 1. The third kappa shape index (κ3) is 4.51. The lowest BCUT2D eigenvalue weighted by Crippen LogP contribution is -2.50. The zero-order valence-corrected chi connectivity index (χ0v) is 15.6. The molecule has 0 unspecified atom stereocenters. The van der Waals surface area contributed by atoms with Gasteiger partial charge in [0.05, 0.1) is 18.3 Å². The smallest absolute Gasteiger partial charge is 0.312 e. The van der Waals surface area contributed by atoms with E-state index in [0.717, 1.165) is 62.7 Å². The molecule has 0 heterocycles. The zero-order valence-electron chi connectivity index (χ0n) is 14.8. The quantitative estimate of drug-likeness (QED) is 0.509. The summed E-state index contributed by atoms with van der Waals surface area (Å²) in [5.74, 6) is 2.38. The van der Waals surface area contributed by atoms with Crippen LogP contribution in [0.1, 0.15) is 64.2 Å². The summed E-state index contributed by atoms with van der Waals surface area (Å²) < 4.78 is 30.0. The Kier molecular flexibility index (Phi) is 5.55. The molecule has 5 nitrogen and oxygen atoms in total. The van der Waals surface area contributed by atoms with Crippen molar-refractivity contribution >= 4 is 16.0 Å². The van der Waals surface area contributed by atoms with Gasteiger partial charge in [-0.3, -0.25) is 4.79 Å². The van der Waals surface area contributed by atoms with Gasteiger partial charge in [-0.1, -0.05) is 12.8 Å². The van der Waals surface area contributed by atoms with E-state index in [2.05, 4.69) is 4.72 Å². The zero-order chi connectivity index (χ0) is 17.2. The number of unbranched alkanes of at least 4 members (excludes halogenated alkanes) is 3. The number of sulfonamides is 1. The molecule has 4 rings (SSSR count). The van der Waals surface area contributed by atoms with Crippen molar-refractivity contribution in [3.05, 3.63) is 0 Å². The van der Waals surface area contributed by atoms with Gasteiger partial charge in [-0.25, -0.2) is 13.1 Å². The maximum absolute atomic E-state index is 12.6. The lowest BCUT2D eigenvalue weighted by Gasteiger charge is -2.55. The van der Waals surface area contributed by atoms with Crippen LogP contribution >= 0.6 is 0 Å². The van der Waals surface area contributed by atoms with Gasteiger partial charge in [-0.05, 0) is 69.1 Å². The van der Waals surface area contributed by atoms with Crippen molar-refractivity contribution in [1.82, 2.24) is 4.72 Å². The first-order valence-corrected chi connectivity index (χ1v) is 11.4. The van der Waals surface area contributed by atoms with E-state index in [9.17, 15) is 13.2 Å².